The third-order valence-corrected chi connectivity index (χ3v) is 6.01. The van der Waals surface area contributed by atoms with Gasteiger partial charge in [-0.3, -0.25) is 4.57 Å². The fraction of sp³-hybridized carbons (Fsp3) is 0.111. The smallest absolute Gasteiger partial charge is 0.195 e. The lowest BCUT2D eigenvalue weighted by Gasteiger charge is -2.02. The molecule has 0 spiro atoms. The van der Waals surface area contributed by atoms with Crippen LogP contribution < -0.4 is 0 Å². The van der Waals surface area contributed by atoms with E-state index in [1.54, 1.807) is 28.4 Å². The molecule has 4 heterocycles. The SMILES string of the molecule is Cc1c(C)n(-c2nccs2)c2ncn3nc(-c4ccccc4Br)nc3c12. The Morgan fingerprint density at radius 1 is 1.08 bits per heavy atom. The van der Waals surface area contributed by atoms with Gasteiger partial charge in [-0.2, -0.15) is 0 Å². The standard InChI is InChI=1S/C18H13BrN6S/c1-10-11(2)25(18-20-7-8-26-18)16-14(10)17-22-15(23-24(17)9-21-16)12-5-3-4-6-13(12)19/h3-9H,1-2H3. The molecule has 8 heteroatoms. The predicted octanol–water partition coefficient (Wildman–Crippen LogP) is 4.57. The third-order valence-electron chi connectivity index (χ3n) is 4.56. The molecule has 0 fully saturated rings. The van der Waals surface area contributed by atoms with Gasteiger partial charge in [-0.1, -0.05) is 28.1 Å². The Morgan fingerprint density at radius 3 is 2.69 bits per heavy atom. The van der Waals surface area contributed by atoms with Gasteiger partial charge in [-0.25, -0.2) is 19.5 Å². The predicted molar refractivity (Wildman–Crippen MR) is 106 cm³/mol. The fourth-order valence-electron chi connectivity index (χ4n) is 3.18. The molecule has 0 unspecified atom stereocenters. The number of hydrogen-bond donors (Lipinski definition) is 0. The Bertz CT molecular complexity index is 1270. The van der Waals surface area contributed by atoms with Crippen LogP contribution in [0, 0.1) is 13.8 Å². The van der Waals surface area contributed by atoms with Crippen molar-refractivity contribution < 1.29 is 0 Å². The molecule has 0 saturated carbocycles. The van der Waals surface area contributed by atoms with E-state index in [2.05, 4.69) is 49.4 Å². The van der Waals surface area contributed by atoms with Crippen LogP contribution in [0.25, 0.3) is 33.2 Å². The molecule has 0 aliphatic rings. The summed E-state index contributed by atoms with van der Waals surface area (Å²) in [6.45, 7) is 4.18. The molecule has 0 aliphatic carbocycles. The number of fused-ring (bicyclic) bond motifs is 3. The summed E-state index contributed by atoms with van der Waals surface area (Å²) in [5.74, 6) is 0.672. The summed E-state index contributed by atoms with van der Waals surface area (Å²) in [5.41, 5.74) is 4.86. The minimum Gasteiger partial charge on any atom is -0.273 e. The molecular weight excluding hydrogens is 412 g/mol. The summed E-state index contributed by atoms with van der Waals surface area (Å²) >= 11 is 5.17. The van der Waals surface area contributed by atoms with E-state index in [4.69, 9.17) is 4.98 Å². The van der Waals surface area contributed by atoms with E-state index in [0.717, 1.165) is 43.1 Å². The number of aromatic nitrogens is 6. The molecule has 0 radical (unpaired) electrons. The van der Waals surface area contributed by atoms with Crippen molar-refractivity contribution in [3.8, 4) is 16.5 Å². The van der Waals surface area contributed by atoms with Gasteiger partial charge in [0.2, 0.25) is 0 Å². The van der Waals surface area contributed by atoms with Crippen LogP contribution in [0.1, 0.15) is 11.3 Å². The highest BCUT2D eigenvalue weighted by molar-refractivity contribution is 9.10. The highest BCUT2D eigenvalue weighted by atomic mass is 79.9. The molecule has 5 aromatic rings. The molecule has 1 aromatic carbocycles. The zero-order valence-corrected chi connectivity index (χ0v) is 16.4. The van der Waals surface area contributed by atoms with Gasteiger partial charge in [-0.05, 0) is 31.5 Å². The topological polar surface area (TPSA) is 60.9 Å². The van der Waals surface area contributed by atoms with Crippen molar-refractivity contribution in [1.29, 1.82) is 0 Å². The normalized spacial score (nSPS) is 11.7. The van der Waals surface area contributed by atoms with Crippen LogP contribution in [0.3, 0.4) is 0 Å². The Kier molecular flexibility index (Phi) is 3.44. The molecule has 0 aliphatic heterocycles. The van der Waals surface area contributed by atoms with Crippen LogP contribution in [0.4, 0.5) is 0 Å². The summed E-state index contributed by atoms with van der Waals surface area (Å²) < 4.78 is 4.80. The van der Waals surface area contributed by atoms with Gasteiger partial charge < -0.3 is 0 Å². The molecule has 4 aromatic heterocycles. The fourth-order valence-corrected chi connectivity index (χ4v) is 4.33. The lowest BCUT2D eigenvalue weighted by Crippen LogP contribution is -1.98. The first-order chi connectivity index (χ1) is 12.6. The first-order valence-electron chi connectivity index (χ1n) is 8.03. The second-order valence-electron chi connectivity index (χ2n) is 5.99. The Balaban J connectivity index is 1.84. The summed E-state index contributed by atoms with van der Waals surface area (Å²) in [5, 5.41) is 8.51. The Morgan fingerprint density at radius 2 is 1.92 bits per heavy atom. The maximum Gasteiger partial charge on any atom is 0.195 e. The quantitative estimate of drug-likeness (QED) is 0.416. The van der Waals surface area contributed by atoms with Gasteiger partial charge in [0.25, 0.3) is 0 Å². The number of thiazole rings is 1. The van der Waals surface area contributed by atoms with Gasteiger partial charge in [0, 0.05) is 27.3 Å². The zero-order chi connectivity index (χ0) is 17.8. The molecule has 0 bridgehead atoms. The van der Waals surface area contributed by atoms with Crippen LogP contribution in [0.2, 0.25) is 0 Å². The molecule has 5 rings (SSSR count). The number of halogens is 1. The summed E-state index contributed by atoms with van der Waals surface area (Å²) in [6, 6.07) is 7.95. The molecule has 0 saturated heterocycles. The average Bonchev–Trinajstić information content (AvgIpc) is 3.35. The maximum absolute atomic E-state index is 4.82. The molecular formula is C18H13BrN6S. The van der Waals surface area contributed by atoms with Crippen LogP contribution in [-0.2, 0) is 0 Å². The minimum atomic E-state index is 0.672. The van der Waals surface area contributed by atoms with Crippen LogP contribution >= 0.6 is 27.3 Å². The Hall–Kier alpha value is -2.58. The highest BCUT2D eigenvalue weighted by Crippen LogP contribution is 2.32. The lowest BCUT2D eigenvalue weighted by molar-refractivity contribution is 0.925. The number of benzene rings is 1. The van der Waals surface area contributed by atoms with Crippen molar-refractivity contribution in [2.45, 2.75) is 13.8 Å². The first kappa shape index (κ1) is 15.7. The van der Waals surface area contributed by atoms with Crippen molar-refractivity contribution >= 4 is 43.9 Å². The van der Waals surface area contributed by atoms with Crippen LogP contribution in [0.5, 0.6) is 0 Å². The molecule has 0 atom stereocenters. The van der Waals surface area contributed by atoms with E-state index in [-0.39, 0.29) is 0 Å². The third kappa shape index (κ3) is 2.15. The van der Waals surface area contributed by atoms with Crippen LogP contribution in [-0.4, -0.2) is 29.1 Å². The monoisotopic (exact) mass is 424 g/mol. The largest absolute Gasteiger partial charge is 0.273 e. The molecule has 0 amide bonds. The van der Waals surface area contributed by atoms with Gasteiger partial charge in [-0.15, -0.1) is 16.4 Å². The molecule has 0 N–H and O–H groups in total. The summed E-state index contributed by atoms with van der Waals surface area (Å²) in [6.07, 6.45) is 3.52. The number of aryl methyl sites for hydroxylation is 1. The maximum atomic E-state index is 4.82. The molecule has 26 heavy (non-hydrogen) atoms. The van der Waals surface area contributed by atoms with E-state index in [1.807, 2.05) is 29.6 Å². The van der Waals surface area contributed by atoms with Gasteiger partial charge in [0.15, 0.2) is 22.3 Å². The van der Waals surface area contributed by atoms with E-state index >= 15 is 0 Å². The number of hydrogen-bond acceptors (Lipinski definition) is 5. The first-order valence-corrected chi connectivity index (χ1v) is 9.70. The van der Waals surface area contributed by atoms with Crippen molar-refractivity contribution in [2.75, 3.05) is 0 Å². The average molecular weight is 425 g/mol. The second-order valence-corrected chi connectivity index (χ2v) is 7.71. The Labute approximate surface area is 161 Å². The zero-order valence-electron chi connectivity index (χ0n) is 14.0. The van der Waals surface area contributed by atoms with Crippen molar-refractivity contribution in [3.05, 3.63) is 57.9 Å². The summed E-state index contributed by atoms with van der Waals surface area (Å²) in [4.78, 5) is 13.9. The van der Waals surface area contributed by atoms with Crippen molar-refractivity contribution in [2.24, 2.45) is 0 Å². The van der Waals surface area contributed by atoms with E-state index < -0.39 is 0 Å². The summed E-state index contributed by atoms with van der Waals surface area (Å²) in [7, 11) is 0. The van der Waals surface area contributed by atoms with Gasteiger partial charge in [0.05, 0.1) is 5.39 Å². The van der Waals surface area contributed by atoms with Crippen molar-refractivity contribution in [3.63, 3.8) is 0 Å². The molecule has 128 valence electrons. The minimum absolute atomic E-state index is 0.672. The number of rotatable bonds is 2. The van der Waals surface area contributed by atoms with Gasteiger partial charge >= 0.3 is 0 Å². The van der Waals surface area contributed by atoms with E-state index in [0.29, 0.717) is 5.82 Å². The van der Waals surface area contributed by atoms with Crippen LogP contribution in [0.15, 0.2) is 46.6 Å². The van der Waals surface area contributed by atoms with E-state index in [1.165, 1.54) is 0 Å². The second kappa shape index (κ2) is 5.72. The van der Waals surface area contributed by atoms with E-state index in [9.17, 15) is 0 Å². The molecule has 6 nitrogen and oxygen atoms in total. The van der Waals surface area contributed by atoms with Gasteiger partial charge in [0.1, 0.15) is 6.33 Å². The number of nitrogens with zero attached hydrogens (tertiary/aromatic N) is 6. The van der Waals surface area contributed by atoms with Crippen molar-refractivity contribution in [1.82, 2.24) is 29.1 Å². The highest BCUT2D eigenvalue weighted by Gasteiger charge is 2.20. The lowest BCUT2D eigenvalue weighted by atomic mass is 10.2.